The summed E-state index contributed by atoms with van der Waals surface area (Å²) in [5, 5.41) is 0. The van der Waals surface area contributed by atoms with Gasteiger partial charge in [-0.25, -0.2) is 0 Å². The summed E-state index contributed by atoms with van der Waals surface area (Å²) >= 11 is 5.14. The van der Waals surface area contributed by atoms with Crippen LogP contribution in [-0.2, 0) is 0 Å². The van der Waals surface area contributed by atoms with Gasteiger partial charge in [-0.2, -0.15) is 0 Å². The molecule has 0 saturated carbocycles. The number of aromatic amines is 1. The fourth-order valence-corrected chi connectivity index (χ4v) is 1.75. The molecule has 17 heavy (non-hydrogen) atoms. The number of nitrogens with one attached hydrogen (secondary N) is 1. The highest BCUT2D eigenvalue weighted by molar-refractivity contribution is 7.71. The smallest absolute Gasteiger partial charge is 0.119 e. The molecule has 1 heterocycles. The highest BCUT2D eigenvalue weighted by atomic mass is 32.1. The Labute approximate surface area is 106 Å². The Morgan fingerprint density at radius 3 is 2.59 bits per heavy atom. The molecule has 88 valence electrons. The Kier molecular flexibility index (Phi) is 3.94. The Bertz CT molecular complexity index is 530. The first-order valence-corrected chi connectivity index (χ1v) is 6.12. The molecule has 0 radical (unpaired) electrons. The van der Waals surface area contributed by atoms with Gasteiger partial charge in [0.1, 0.15) is 5.75 Å². The lowest BCUT2D eigenvalue weighted by Gasteiger charge is -2.06. The van der Waals surface area contributed by atoms with Crippen LogP contribution in [0.3, 0.4) is 0 Å². The van der Waals surface area contributed by atoms with Crippen LogP contribution >= 0.6 is 12.2 Å². The van der Waals surface area contributed by atoms with Crippen molar-refractivity contribution in [1.82, 2.24) is 4.98 Å². The molecule has 3 heteroatoms. The minimum absolute atomic E-state index is 0.757. The summed E-state index contributed by atoms with van der Waals surface area (Å²) in [6, 6.07) is 11.9. The van der Waals surface area contributed by atoms with Crippen LogP contribution < -0.4 is 4.74 Å². The van der Waals surface area contributed by atoms with Crippen molar-refractivity contribution in [2.24, 2.45) is 0 Å². The molecule has 2 aromatic rings. The van der Waals surface area contributed by atoms with E-state index < -0.39 is 0 Å². The fraction of sp³-hybridized carbons (Fsp3) is 0.214. The van der Waals surface area contributed by atoms with E-state index in [9.17, 15) is 0 Å². The Morgan fingerprint density at radius 1 is 1.18 bits per heavy atom. The maximum atomic E-state index is 5.54. The van der Waals surface area contributed by atoms with Crippen molar-refractivity contribution < 1.29 is 4.74 Å². The Morgan fingerprint density at radius 2 is 1.94 bits per heavy atom. The number of hydrogen-bond acceptors (Lipinski definition) is 2. The number of hydrogen-bond donors (Lipinski definition) is 1. The Balaban J connectivity index is 2.20. The lowest BCUT2D eigenvalue weighted by atomic mass is 10.1. The molecular weight excluding hydrogens is 230 g/mol. The zero-order valence-corrected chi connectivity index (χ0v) is 10.6. The first-order valence-electron chi connectivity index (χ1n) is 5.71. The van der Waals surface area contributed by atoms with Crippen LogP contribution in [0.5, 0.6) is 5.75 Å². The quantitative estimate of drug-likeness (QED) is 0.817. The minimum Gasteiger partial charge on any atom is -0.494 e. The molecule has 0 saturated heterocycles. The van der Waals surface area contributed by atoms with E-state index in [-0.39, 0.29) is 0 Å². The van der Waals surface area contributed by atoms with Crippen molar-refractivity contribution in [2.45, 2.75) is 13.3 Å². The monoisotopic (exact) mass is 245 g/mol. The van der Waals surface area contributed by atoms with Crippen molar-refractivity contribution in [3.05, 3.63) is 47.1 Å². The van der Waals surface area contributed by atoms with Crippen molar-refractivity contribution in [3.63, 3.8) is 0 Å². The molecular formula is C14H15NOS. The van der Waals surface area contributed by atoms with Gasteiger partial charge in [0, 0.05) is 16.4 Å². The summed E-state index contributed by atoms with van der Waals surface area (Å²) in [5.41, 5.74) is 2.14. The lowest BCUT2D eigenvalue weighted by molar-refractivity contribution is 0.317. The molecule has 2 rings (SSSR count). The lowest BCUT2D eigenvalue weighted by Crippen LogP contribution is -1.94. The van der Waals surface area contributed by atoms with Crippen LogP contribution in [0.2, 0.25) is 0 Å². The van der Waals surface area contributed by atoms with Crippen molar-refractivity contribution in [1.29, 1.82) is 0 Å². The number of aromatic nitrogens is 1. The molecule has 0 bridgehead atoms. The van der Waals surface area contributed by atoms with E-state index >= 15 is 0 Å². The molecule has 0 atom stereocenters. The number of ether oxygens (including phenoxy) is 1. The van der Waals surface area contributed by atoms with Gasteiger partial charge in [-0.15, -0.1) is 0 Å². The third-order valence-electron chi connectivity index (χ3n) is 2.41. The third kappa shape index (κ3) is 3.17. The molecule has 0 aliphatic carbocycles. The molecule has 1 N–H and O–H groups in total. The van der Waals surface area contributed by atoms with Crippen molar-refractivity contribution in [3.8, 4) is 17.0 Å². The van der Waals surface area contributed by atoms with E-state index in [1.54, 1.807) is 0 Å². The molecule has 0 spiro atoms. The van der Waals surface area contributed by atoms with Crippen LogP contribution in [0.4, 0.5) is 0 Å². The molecule has 0 aliphatic heterocycles. The zero-order chi connectivity index (χ0) is 12.1. The molecule has 0 amide bonds. The highest BCUT2D eigenvalue weighted by Gasteiger charge is 1.98. The van der Waals surface area contributed by atoms with Crippen LogP contribution in [0.25, 0.3) is 11.3 Å². The van der Waals surface area contributed by atoms with Crippen LogP contribution in [0, 0.1) is 4.51 Å². The largest absolute Gasteiger partial charge is 0.494 e. The summed E-state index contributed by atoms with van der Waals surface area (Å²) in [5.74, 6) is 0.908. The maximum absolute atomic E-state index is 5.54. The predicted molar refractivity (Wildman–Crippen MR) is 72.8 cm³/mol. The third-order valence-corrected chi connectivity index (χ3v) is 2.67. The molecule has 1 aromatic heterocycles. The first-order chi connectivity index (χ1) is 8.29. The van der Waals surface area contributed by atoms with Crippen molar-refractivity contribution in [2.75, 3.05) is 6.61 Å². The zero-order valence-electron chi connectivity index (χ0n) is 9.77. The summed E-state index contributed by atoms with van der Waals surface area (Å²) < 4.78 is 6.38. The van der Waals surface area contributed by atoms with Crippen LogP contribution in [0.15, 0.2) is 42.6 Å². The van der Waals surface area contributed by atoms with Gasteiger partial charge in [0.05, 0.1) is 6.61 Å². The number of pyridine rings is 1. The van der Waals surface area contributed by atoms with Gasteiger partial charge >= 0.3 is 0 Å². The van der Waals surface area contributed by atoms with E-state index in [1.807, 2.05) is 42.6 Å². The number of H-pyrrole nitrogens is 1. The van der Waals surface area contributed by atoms with Crippen LogP contribution in [-0.4, -0.2) is 11.6 Å². The topological polar surface area (TPSA) is 25.0 Å². The van der Waals surface area contributed by atoms with Gasteiger partial charge in [-0.3, -0.25) is 0 Å². The van der Waals surface area contributed by atoms with Crippen LogP contribution in [0.1, 0.15) is 13.3 Å². The normalized spacial score (nSPS) is 10.2. The average molecular weight is 245 g/mol. The SMILES string of the molecule is CCCOc1ccc(-c2cc(=S)cc[nH]2)cc1. The van der Waals surface area contributed by atoms with Gasteiger partial charge in [0.25, 0.3) is 0 Å². The second kappa shape index (κ2) is 5.64. The molecule has 0 fully saturated rings. The number of rotatable bonds is 4. The average Bonchev–Trinajstić information content (AvgIpc) is 2.37. The molecule has 0 unspecified atom stereocenters. The summed E-state index contributed by atoms with van der Waals surface area (Å²) in [7, 11) is 0. The second-order valence-electron chi connectivity index (χ2n) is 3.81. The van der Waals surface area contributed by atoms with E-state index in [0.717, 1.165) is 34.5 Å². The first kappa shape index (κ1) is 11.9. The van der Waals surface area contributed by atoms with E-state index in [1.165, 1.54) is 0 Å². The van der Waals surface area contributed by atoms with Gasteiger partial charge in [0.2, 0.25) is 0 Å². The molecule has 1 aromatic carbocycles. The highest BCUT2D eigenvalue weighted by Crippen LogP contribution is 2.20. The van der Waals surface area contributed by atoms with Gasteiger partial charge in [-0.1, -0.05) is 19.1 Å². The van der Waals surface area contributed by atoms with E-state index in [0.29, 0.717) is 0 Å². The molecule has 2 nitrogen and oxygen atoms in total. The number of benzene rings is 1. The maximum Gasteiger partial charge on any atom is 0.119 e. The van der Waals surface area contributed by atoms with E-state index in [4.69, 9.17) is 17.0 Å². The van der Waals surface area contributed by atoms with Gasteiger partial charge < -0.3 is 9.72 Å². The second-order valence-corrected chi connectivity index (χ2v) is 4.28. The molecule has 0 aliphatic rings. The summed E-state index contributed by atoms with van der Waals surface area (Å²) in [6.07, 6.45) is 2.88. The van der Waals surface area contributed by atoms with Gasteiger partial charge in [0.15, 0.2) is 0 Å². The Hall–Kier alpha value is -1.61. The predicted octanol–water partition coefficient (Wildman–Crippen LogP) is 4.20. The summed E-state index contributed by atoms with van der Waals surface area (Å²) in [6.45, 7) is 2.85. The van der Waals surface area contributed by atoms with Crippen molar-refractivity contribution >= 4 is 12.2 Å². The minimum atomic E-state index is 0.757. The standard InChI is InChI=1S/C14H15NOS/c1-2-9-16-12-5-3-11(4-6-12)14-10-13(17)7-8-15-14/h3-8,10H,2,9H2,1H3,(H,15,17). The fourth-order valence-electron chi connectivity index (χ4n) is 1.56. The van der Waals surface area contributed by atoms with E-state index in [2.05, 4.69) is 11.9 Å². The van der Waals surface area contributed by atoms with Gasteiger partial charge in [-0.05, 0) is 48.4 Å². The summed E-state index contributed by atoms with van der Waals surface area (Å²) in [4.78, 5) is 3.18.